The van der Waals surface area contributed by atoms with Crippen molar-refractivity contribution in [2.24, 2.45) is 0 Å². The minimum Gasteiger partial charge on any atom is -0.465 e. The number of aromatic nitrogens is 3. The van der Waals surface area contributed by atoms with E-state index in [-0.39, 0.29) is 0 Å². The molecule has 1 aliphatic heterocycles. The molecule has 0 atom stereocenters. The normalized spacial score (nSPS) is 15.1. The Labute approximate surface area is 150 Å². The molecule has 2 aromatic rings. The fourth-order valence-corrected chi connectivity index (χ4v) is 2.69. The van der Waals surface area contributed by atoms with Gasteiger partial charge in [-0.1, -0.05) is 11.6 Å². The van der Waals surface area contributed by atoms with Crippen molar-refractivity contribution in [3.8, 4) is 0 Å². The third-order valence-electron chi connectivity index (χ3n) is 4.01. The molecule has 1 aromatic carbocycles. The number of methoxy groups -OCH3 is 1. The van der Waals surface area contributed by atoms with Crippen LogP contribution in [0.5, 0.6) is 0 Å². The quantitative estimate of drug-likeness (QED) is 0.824. The number of halogens is 1. The SMILES string of the molecule is COC(=O)c1ccc(Cl)c(Nc2nncc(N3CCN(C)CC3)n2)c1. The van der Waals surface area contributed by atoms with Crippen molar-refractivity contribution in [2.75, 3.05) is 50.6 Å². The van der Waals surface area contributed by atoms with Crippen molar-refractivity contribution in [3.63, 3.8) is 0 Å². The van der Waals surface area contributed by atoms with Crippen LogP contribution in [-0.4, -0.2) is 66.4 Å². The van der Waals surface area contributed by atoms with E-state index in [9.17, 15) is 4.79 Å². The average Bonchev–Trinajstić information content (AvgIpc) is 2.64. The summed E-state index contributed by atoms with van der Waals surface area (Å²) in [6, 6.07) is 4.81. The number of rotatable bonds is 4. The van der Waals surface area contributed by atoms with Crippen molar-refractivity contribution in [2.45, 2.75) is 0 Å². The summed E-state index contributed by atoms with van der Waals surface area (Å²) in [6.07, 6.45) is 1.64. The highest BCUT2D eigenvalue weighted by Gasteiger charge is 2.17. The molecule has 8 nitrogen and oxygen atoms in total. The van der Waals surface area contributed by atoms with E-state index in [2.05, 4.69) is 37.3 Å². The summed E-state index contributed by atoms with van der Waals surface area (Å²) in [4.78, 5) is 20.6. The number of likely N-dealkylation sites (N-methyl/N-ethyl adjacent to an activating group) is 1. The van der Waals surface area contributed by atoms with Gasteiger partial charge in [0.2, 0.25) is 5.95 Å². The van der Waals surface area contributed by atoms with Crippen LogP contribution < -0.4 is 10.2 Å². The molecule has 3 rings (SSSR count). The minimum absolute atomic E-state index is 0.320. The maximum absolute atomic E-state index is 11.7. The van der Waals surface area contributed by atoms with E-state index < -0.39 is 5.97 Å². The Balaban J connectivity index is 1.79. The fraction of sp³-hybridized carbons (Fsp3) is 0.375. The summed E-state index contributed by atoms with van der Waals surface area (Å²) in [5.74, 6) is 0.635. The molecule has 0 aliphatic carbocycles. The lowest BCUT2D eigenvalue weighted by Crippen LogP contribution is -2.44. The summed E-state index contributed by atoms with van der Waals surface area (Å²) in [5.41, 5.74) is 0.902. The van der Waals surface area contributed by atoms with Crippen LogP contribution >= 0.6 is 11.6 Å². The number of nitrogens with one attached hydrogen (secondary N) is 1. The number of nitrogens with zero attached hydrogens (tertiary/aromatic N) is 5. The van der Waals surface area contributed by atoms with Crippen LogP contribution in [-0.2, 0) is 4.74 Å². The van der Waals surface area contributed by atoms with Gasteiger partial charge in [0.25, 0.3) is 0 Å². The number of carbonyl (C=O) groups is 1. The Morgan fingerprint density at radius 2 is 2.04 bits per heavy atom. The number of anilines is 3. The van der Waals surface area contributed by atoms with E-state index in [0.717, 1.165) is 32.0 Å². The molecule has 132 valence electrons. The molecule has 1 N–H and O–H groups in total. The predicted octanol–water partition coefficient (Wildman–Crippen LogP) is 1.81. The van der Waals surface area contributed by atoms with E-state index in [4.69, 9.17) is 16.3 Å². The first-order valence-electron chi connectivity index (χ1n) is 7.85. The second-order valence-electron chi connectivity index (χ2n) is 5.74. The second-order valence-corrected chi connectivity index (χ2v) is 6.15. The molecule has 0 amide bonds. The van der Waals surface area contributed by atoms with Gasteiger partial charge in [0.15, 0.2) is 5.82 Å². The highest BCUT2D eigenvalue weighted by Crippen LogP contribution is 2.26. The highest BCUT2D eigenvalue weighted by atomic mass is 35.5. The van der Waals surface area contributed by atoms with Crippen molar-refractivity contribution >= 4 is 35.0 Å². The molecule has 0 spiro atoms. The van der Waals surface area contributed by atoms with Crippen LogP contribution in [0.25, 0.3) is 0 Å². The number of hydrogen-bond donors (Lipinski definition) is 1. The van der Waals surface area contributed by atoms with Gasteiger partial charge in [0.05, 0.1) is 29.6 Å². The maximum atomic E-state index is 11.7. The number of hydrogen-bond acceptors (Lipinski definition) is 8. The largest absolute Gasteiger partial charge is 0.465 e. The van der Waals surface area contributed by atoms with Gasteiger partial charge in [-0.3, -0.25) is 0 Å². The van der Waals surface area contributed by atoms with E-state index in [1.807, 2.05) is 0 Å². The van der Waals surface area contributed by atoms with Crippen LogP contribution in [0.2, 0.25) is 5.02 Å². The van der Waals surface area contributed by atoms with Crippen molar-refractivity contribution in [1.82, 2.24) is 20.1 Å². The molecule has 9 heteroatoms. The molecule has 1 aliphatic rings. The second kappa shape index (κ2) is 7.62. The minimum atomic E-state index is -0.440. The van der Waals surface area contributed by atoms with Crippen molar-refractivity contribution in [3.05, 3.63) is 35.0 Å². The number of piperazine rings is 1. The number of esters is 1. The zero-order valence-corrected chi connectivity index (χ0v) is 14.8. The summed E-state index contributed by atoms with van der Waals surface area (Å²) < 4.78 is 4.72. The third kappa shape index (κ3) is 4.15. The van der Waals surface area contributed by atoms with Gasteiger partial charge in [-0.15, -0.1) is 5.10 Å². The van der Waals surface area contributed by atoms with Gasteiger partial charge >= 0.3 is 5.97 Å². The first-order chi connectivity index (χ1) is 12.1. The molecular formula is C16H19ClN6O2. The topological polar surface area (TPSA) is 83.5 Å². The summed E-state index contributed by atoms with van der Waals surface area (Å²) in [7, 11) is 3.43. The van der Waals surface area contributed by atoms with E-state index >= 15 is 0 Å². The lowest BCUT2D eigenvalue weighted by Gasteiger charge is -2.32. The van der Waals surface area contributed by atoms with Crippen molar-refractivity contribution in [1.29, 1.82) is 0 Å². The Kier molecular flexibility index (Phi) is 5.30. The van der Waals surface area contributed by atoms with Gasteiger partial charge in [0, 0.05) is 26.2 Å². The zero-order chi connectivity index (χ0) is 17.8. The molecule has 0 saturated carbocycles. The van der Waals surface area contributed by atoms with E-state index in [0.29, 0.717) is 22.2 Å². The highest BCUT2D eigenvalue weighted by molar-refractivity contribution is 6.33. The van der Waals surface area contributed by atoms with Gasteiger partial charge in [-0.05, 0) is 25.2 Å². The molecule has 1 fully saturated rings. The Bertz CT molecular complexity index is 764. The number of benzene rings is 1. The van der Waals surface area contributed by atoms with Gasteiger partial charge in [0.1, 0.15) is 0 Å². The third-order valence-corrected chi connectivity index (χ3v) is 4.34. The standard InChI is InChI=1S/C16H19ClN6O2/c1-22-5-7-23(8-6-22)14-10-18-21-16(20-14)19-13-9-11(15(24)25-2)3-4-12(13)17/h3-4,9-10H,5-8H2,1-2H3,(H,19,20,21). The van der Waals surface area contributed by atoms with Crippen LogP contribution in [0.15, 0.2) is 24.4 Å². The fourth-order valence-electron chi connectivity index (χ4n) is 2.52. The molecule has 1 aromatic heterocycles. The molecule has 25 heavy (non-hydrogen) atoms. The summed E-state index contributed by atoms with van der Waals surface area (Å²) in [5, 5.41) is 11.5. The monoisotopic (exact) mass is 362 g/mol. The summed E-state index contributed by atoms with van der Waals surface area (Å²) >= 11 is 6.19. The van der Waals surface area contributed by atoms with Gasteiger partial charge < -0.3 is 19.9 Å². The molecule has 2 heterocycles. The smallest absolute Gasteiger partial charge is 0.337 e. The Hall–Kier alpha value is -2.45. The lowest BCUT2D eigenvalue weighted by molar-refractivity contribution is 0.0601. The molecule has 1 saturated heterocycles. The number of ether oxygens (including phenoxy) is 1. The molecule has 0 radical (unpaired) electrons. The summed E-state index contributed by atoms with van der Waals surface area (Å²) in [6.45, 7) is 3.71. The van der Waals surface area contributed by atoms with Crippen LogP contribution in [0, 0.1) is 0 Å². The van der Waals surface area contributed by atoms with Gasteiger partial charge in [-0.25, -0.2) is 4.79 Å². The first kappa shape index (κ1) is 17.4. The van der Waals surface area contributed by atoms with E-state index in [1.54, 1.807) is 24.4 Å². The molecule has 0 unspecified atom stereocenters. The Morgan fingerprint density at radius 3 is 2.76 bits per heavy atom. The first-order valence-corrected chi connectivity index (χ1v) is 8.22. The maximum Gasteiger partial charge on any atom is 0.337 e. The number of carbonyl (C=O) groups excluding carboxylic acids is 1. The zero-order valence-electron chi connectivity index (χ0n) is 14.1. The Morgan fingerprint density at radius 1 is 1.28 bits per heavy atom. The van der Waals surface area contributed by atoms with Crippen LogP contribution in [0.3, 0.4) is 0 Å². The van der Waals surface area contributed by atoms with Crippen LogP contribution in [0.1, 0.15) is 10.4 Å². The van der Waals surface area contributed by atoms with E-state index in [1.165, 1.54) is 7.11 Å². The van der Waals surface area contributed by atoms with Gasteiger partial charge in [-0.2, -0.15) is 10.1 Å². The average molecular weight is 363 g/mol. The molecular weight excluding hydrogens is 344 g/mol. The predicted molar refractivity (Wildman–Crippen MR) is 95.6 cm³/mol. The molecule has 0 bridgehead atoms. The van der Waals surface area contributed by atoms with Crippen molar-refractivity contribution < 1.29 is 9.53 Å². The lowest BCUT2D eigenvalue weighted by atomic mass is 10.2. The van der Waals surface area contributed by atoms with Crippen LogP contribution in [0.4, 0.5) is 17.5 Å².